The van der Waals surface area contributed by atoms with Crippen LogP contribution in [0.1, 0.15) is 36.3 Å². The van der Waals surface area contributed by atoms with E-state index in [0.717, 1.165) is 17.1 Å². The van der Waals surface area contributed by atoms with Gasteiger partial charge in [0.1, 0.15) is 17.4 Å². The number of fused-ring (bicyclic) bond motifs is 1. The molecular formula is C27H30FN5O2. The number of rotatable bonds is 5. The maximum absolute atomic E-state index is 14.3. The van der Waals surface area contributed by atoms with Gasteiger partial charge in [0.2, 0.25) is 5.95 Å². The normalized spacial score (nSPS) is 17.2. The molecule has 0 spiro atoms. The molecule has 0 unspecified atom stereocenters. The summed E-state index contributed by atoms with van der Waals surface area (Å²) in [7, 11) is 1.63. The minimum Gasteiger partial charge on any atom is -0.497 e. The summed E-state index contributed by atoms with van der Waals surface area (Å²) >= 11 is 0. The molecule has 0 radical (unpaired) electrons. The summed E-state index contributed by atoms with van der Waals surface area (Å²) in [6.07, 6.45) is 1.16. The Kier molecular flexibility index (Phi) is 6.05. The second kappa shape index (κ2) is 9.17. The molecular weight excluding hydrogens is 445 g/mol. The number of methoxy groups -OCH3 is 1. The Morgan fingerprint density at radius 3 is 2.31 bits per heavy atom. The number of hydrogen-bond acceptors (Lipinski definition) is 7. The van der Waals surface area contributed by atoms with Gasteiger partial charge in [0.05, 0.1) is 24.1 Å². The zero-order valence-corrected chi connectivity index (χ0v) is 20.3. The van der Waals surface area contributed by atoms with Gasteiger partial charge in [-0.25, -0.2) is 9.37 Å². The SMILES string of the molecule is COc1ccc(Nc2nc(N3CCN(c4ccccc4F)CC3)nc3c2C(=O)CC(C)(C)C3)cc1. The number of hydrogen-bond donors (Lipinski definition) is 1. The van der Waals surface area contributed by atoms with Gasteiger partial charge in [0.15, 0.2) is 5.78 Å². The van der Waals surface area contributed by atoms with Crippen molar-refractivity contribution in [3.63, 3.8) is 0 Å². The molecule has 1 N–H and O–H groups in total. The number of piperazine rings is 1. The lowest BCUT2D eigenvalue weighted by Crippen LogP contribution is -2.47. The third kappa shape index (κ3) is 4.78. The van der Waals surface area contributed by atoms with Crippen molar-refractivity contribution < 1.29 is 13.9 Å². The molecule has 182 valence electrons. The number of Topliss-reactive ketones (excluding diaryl/α,β-unsaturated/α-hetero) is 1. The predicted octanol–water partition coefficient (Wildman–Crippen LogP) is 4.85. The van der Waals surface area contributed by atoms with Crippen LogP contribution in [0.2, 0.25) is 0 Å². The van der Waals surface area contributed by atoms with Crippen LogP contribution in [0.3, 0.4) is 0 Å². The van der Waals surface area contributed by atoms with E-state index in [9.17, 15) is 9.18 Å². The van der Waals surface area contributed by atoms with E-state index in [-0.39, 0.29) is 17.0 Å². The lowest BCUT2D eigenvalue weighted by atomic mass is 9.75. The van der Waals surface area contributed by atoms with Crippen molar-refractivity contribution in [2.45, 2.75) is 26.7 Å². The fourth-order valence-corrected chi connectivity index (χ4v) is 4.85. The molecule has 5 rings (SSSR count). The van der Waals surface area contributed by atoms with Crippen molar-refractivity contribution in [3.8, 4) is 5.75 Å². The number of ketones is 1. The summed E-state index contributed by atoms with van der Waals surface area (Å²) in [6, 6.07) is 14.4. The highest BCUT2D eigenvalue weighted by atomic mass is 19.1. The zero-order chi connectivity index (χ0) is 24.6. The van der Waals surface area contributed by atoms with Gasteiger partial charge < -0.3 is 19.9 Å². The van der Waals surface area contributed by atoms with Crippen LogP contribution in [0.5, 0.6) is 5.75 Å². The van der Waals surface area contributed by atoms with Crippen LogP contribution in [0.25, 0.3) is 0 Å². The summed E-state index contributed by atoms with van der Waals surface area (Å²) in [4.78, 5) is 27.0. The summed E-state index contributed by atoms with van der Waals surface area (Å²) < 4.78 is 19.5. The molecule has 0 saturated carbocycles. The molecule has 1 aliphatic heterocycles. The molecule has 2 aromatic carbocycles. The van der Waals surface area contributed by atoms with Crippen molar-refractivity contribution in [1.29, 1.82) is 0 Å². The molecule has 7 nitrogen and oxygen atoms in total. The standard InChI is InChI=1S/C27H30FN5O2/c1-27(2)16-21-24(23(34)17-27)25(29-18-8-10-19(35-3)11-9-18)31-26(30-21)33-14-12-32(13-15-33)22-7-5-4-6-20(22)28/h4-11H,12-17H2,1-3H3,(H,29,30,31). The number of halogens is 1. The minimum atomic E-state index is -0.210. The minimum absolute atomic E-state index is 0.0585. The average Bonchev–Trinajstić information content (AvgIpc) is 2.84. The number of anilines is 4. The van der Waals surface area contributed by atoms with E-state index in [1.54, 1.807) is 13.2 Å². The smallest absolute Gasteiger partial charge is 0.227 e. The van der Waals surface area contributed by atoms with E-state index in [1.807, 2.05) is 41.3 Å². The van der Waals surface area contributed by atoms with E-state index in [2.05, 4.69) is 24.1 Å². The highest BCUT2D eigenvalue weighted by molar-refractivity contribution is 6.03. The molecule has 35 heavy (non-hydrogen) atoms. The first kappa shape index (κ1) is 23.1. The van der Waals surface area contributed by atoms with Crippen LogP contribution in [-0.2, 0) is 6.42 Å². The van der Waals surface area contributed by atoms with Crippen LogP contribution in [0, 0.1) is 11.2 Å². The second-order valence-corrected chi connectivity index (χ2v) is 9.91. The quantitative estimate of drug-likeness (QED) is 0.566. The number of aromatic nitrogens is 2. The number of benzene rings is 2. The van der Waals surface area contributed by atoms with Gasteiger partial charge in [-0.05, 0) is 48.2 Å². The Morgan fingerprint density at radius 2 is 1.63 bits per heavy atom. The summed E-state index contributed by atoms with van der Waals surface area (Å²) in [5, 5.41) is 3.35. The highest BCUT2D eigenvalue weighted by Gasteiger charge is 2.35. The van der Waals surface area contributed by atoms with Gasteiger partial charge in [-0.3, -0.25) is 4.79 Å². The number of nitrogens with zero attached hydrogens (tertiary/aromatic N) is 4. The van der Waals surface area contributed by atoms with E-state index in [4.69, 9.17) is 14.7 Å². The lowest BCUT2D eigenvalue weighted by Gasteiger charge is -2.37. The van der Waals surface area contributed by atoms with Crippen LogP contribution in [0.4, 0.5) is 27.5 Å². The van der Waals surface area contributed by atoms with Crippen molar-refractivity contribution in [3.05, 3.63) is 65.6 Å². The third-order valence-electron chi connectivity index (χ3n) is 6.64. The Bertz CT molecular complexity index is 1240. The Labute approximate surface area is 204 Å². The summed E-state index contributed by atoms with van der Waals surface area (Å²) in [6.45, 7) is 6.83. The third-order valence-corrected chi connectivity index (χ3v) is 6.64. The molecule has 2 heterocycles. The first-order valence-electron chi connectivity index (χ1n) is 11.9. The molecule has 1 saturated heterocycles. The first-order valence-corrected chi connectivity index (χ1v) is 11.9. The Morgan fingerprint density at radius 1 is 0.943 bits per heavy atom. The number of para-hydroxylation sites is 1. The van der Waals surface area contributed by atoms with Gasteiger partial charge in [0.25, 0.3) is 0 Å². The topological polar surface area (TPSA) is 70.6 Å². The zero-order valence-electron chi connectivity index (χ0n) is 20.3. The Balaban J connectivity index is 1.44. The molecule has 8 heteroatoms. The number of ether oxygens (including phenoxy) is 1. The van der Waals surface area contributed by atoms with Crippen LogP contribution in [-0.4, -0.2) is 49.0 Å². The van der Waals surface area contributed by atoms with Crippen molar-refractivity contribution in [1.82, 2.24) is 9.97 Å². The van der Waals surface area contributed by atoms with Crippen molar-refractivity contribution in [2.75, 3.05) is 48.4 Å². The van der Waals surface area contributed by atoms with E-state index in [0.29, 0.717) is 62.0 Å². The largest absolute Gasteiger partial charge is 0.497 e. The fourth-order valence-electron chi connectivity index (χ4n) is 4.85. The summed E-state index contributed by atoms with van der Waals surface area (Å²) in [5.41, 5.74) is 2.64. The Hall–Kier alpha value is -3.68. The lowest BCUT2D eigenvalue weighted by molar-refractivity contribution is 0.0911. The number of carbonyl (C=O) groups excluding carboxylic acids is 1. The molecule has 3 aromatic rings. The van der Waals surface area contributed by atoms with Crippen molar-refractivity contribution in [2.24, 2.45) is 5.41 Å². The fraction of sp³-hybridized carbons (Fsp3) is 0.370. The van der Waals surface area contributed by atoms with Gasteiger partial charge >= 0.3 is 0 Å². The van der Waals surface area contributed by atoms with E-state index < -0.39 is 0 Å². The van der Waals surface area contributed by atoms with Crippen LogP contribution < -0.4 is 19.9 Å². The maximum Gasteiger partial charge on any atom is 0.227 e. The number of carbonyl (C=O) groups is 1. The van der Waals surface area contributed by atoms with E-state index in [1.165, 1.54) is 6.07 Å². The highest BCUT2D eigenvalue weighted by Crippen LogP contribution is 2.38. The van der Waals surface area contributed by atoms with Gasteiger partial charge in [-0.15, -0.1) is 0 Å². The molecule has 1 aliphatic carbocycles. The van der Waals surface area contributed by atoms with Crippen LogP contribution >= 0.6 is 0 Å². The molecule has 0 amide bonds. The van der Waals surface area contributed by atoms with Gasteiger partial charge in [-0.2, -0.15) is 4.98 Å². The first-order chi connectivity index (χ1) is 16.8. The van der Waals surface area contributed by atoms with E-state index >= 15 is 0 Å². The maximum atomic E-state index is 14.3. The van der Waals surface area contributed by atoms with Gasteiger partial charge in [-0.1, -0.05) is 26.0 Å². The average molecular weight is 476 g/mol. The molecule has 0 atom stereocenters. The molecule has 0 bridgehead atoms. The summed E-state index contributed by atoms with van der Waals surface area (Å²) in [5.74, 6) is 1.73. The molecule has 1 aromatic heterocycles. The molecule has 1 fully saturated rings. The van der Waals surface area contributed by atoms with Crippen molar-refractivity contribution >= 4 is 28.9 Å². The molecule has 2 aliphatic rings. The van der Waals surface area contributed by atoms with Gasteiger partial charge in [0, 0.05) is 38.3 Å². The monoisotopic (exact) mass is 475 g/mol. The number of nitrogens with one attached hydrogen (secondary N) is 1. The predicted molar refractivity (Wildman–Crippen MR) is 136 cm³/mol. The second-order valence-electron chi connectivity index (χ2n) is 9.91. The van der Waals surface area contributed by atoms with Crippen LogP contribution in [0.15, 0.2) is 48.5 Å².